The maximum atomic E-state index is 12.2. The first kappa shape index (κ1) is 19.9. The third-order valence-electron chi connectivity index (χ3n) is 5.13. The van der Waals surface area contributed by atoms with Crippen LogP contribution in [0.15, 0.2) is 66.2 Å². The van der Waals surface area contributed by atoms with E-state index in [1.165, 1.54) is 11.8 Å². The molecule has 4 aromatic rings. The first-order valence-corrected chi connectivity index (χ1v) is 11.3. The lowest BCUT2D eigenvalue weighted by Crippen LogP contribution is -2.35. The summed E-state index contributed by atoms with van der Waals surface area (Å²) in [5.41, 5.74) is 4.16. The summed E-state index contributed by atoms with van der Waals surface area (Å²) in [5, 5.41) is 5.34. The maximum absolute atomic E-state index is 12.2. The van der Waals surface area contributed by atoms with Gasteiger partial charge in [-0.05, 0) is 47.3 Å². The number of aromatic nitrogens is 3. The van der Waals surface area contributed by atoms with Gasteiger partial charge < -0.3 is 15.0 Å². The number of nitrogens with one attached hydrogen (secondary N) is 2. The van der Waals surface area contributed by atoms with E-state index in [2.05, 4.69) is 38.5 Å². The Bertz CT molecular complexity index is 1250. The number of ether oxygens (including phenoxy) is 1. The Balaban J connectivity index is 1.26. The number of hydrogen-bond donors (Lipinski definition) is 2. The van der Waals surface area contributed by atoms with Crippen LogP contribution in [0.2, 0.25) is 5.02 Å². The van der Waals surface area contributed by atoms with Crippen molar-refractivity contribution in [3.63, 3.8) is 0 Å². The topological polar surface area (TPSA) is 79.9 Å². The molecule has 31 heavy (non-hydrogen) atoms. The largest absolute Gasteiger partial charge is 0.487 e. The molecule has 3 heterocycles. The third kappa shape index (κ3) is 4.38. The molecule has 1 atom stereocenters. The minimum Gasteiger partial charge on any atom is -0.487 e. The van der Waals surface area contributed by atoms with Gasteiger partial charge in [0.05, 0.1) is 12.3 Å². The summed E-state index contributed by atoms with van der Waals surface area (Å²) in [6.45, 7) is 0.428. The number of amides is 1. The van der Waals surface area contributed by atoms with Crippen LogP contribution in [-0.4, -0.2) is 39.3 Å². The molecule has 5 rings (SSSR count). The van der Waals surface area contributed by atoms with E-state index in [1.807, 2.05) is 24.4 Å². The number of fused-ring (bicyclic) bond motifs is 2. The minimum atomic E-state index is -0.134. The first-order chi connectivity index (χ1) is 15.2. The summed E-state index contributed by atoms with van der Waals surface area (Å²) in [4.78, 5) is 23.7. The van der Waals surface area contributed by atoms with Crippen LogP contribution in [-0.2, 0) is 11.2 Å². The first-order valence-electron chi connectivity index (χ1n) is 9.89. The summed E-state index contributed by atoms with van der Waals surface area (Å²) in [6, 6.07) is 13.9. The molecule has 8 heteroatoms. The summed E-state index contributed by atoms with van der Waals surface area (Å²) in [5.74, 6) is 1.02. The SMILES string of the molecule is O=C(CSc1ncccn1)NCC1Cc2cc(Cl)cc(-c3ccc4[nH]ccc4c3)c2O1. The zero-order chi connectivity index (χ0) is 21.2. The zero-order valence-electron chi connectivity index (χ0n) is 16.5. The summed E-state index contributed by atoms with van der Waals surface area (Å²) >= 11 is 7.71. The number of carbonyl (C=O) groups excluding carboxylic acids is 1. The number of carbonyl (C=O) groups is 1. The second-order valence-corrected chi connectivity index (χ2v) is 8.67. The Labute approximate surface area is 188 Å². The zero-order valence-corrected chi connectivity index (χ0v) is 18.0. The van der Waals surface area contributed by atoms with Gasteiger partial charge in [0.25, 0.3) is 0 Å². The van der Waals surface area contributed by atoms with Crippen LogP contribution in [0.1, 0.15) is 5.56 Å². The molecular weight excluding hydrogens is 432 g/mol. The molecule has 0 radical (unpaired) electrons. The van der Waals surface area contributed by atoms with Crippen molar-refractivity contribution in [3.8, 4) is 16.9 Å². The molecule has 156 valence electrons. The minimum absolute atomic E-state index is 0.0758. The van der Waals surface area contributed by atoms with Crippen molar-refractivity contribution >= 4 is 40.2 Å². The summed E-state index contributed by atoms with van der Waals surface area (Å²) in [6.07, 6.45) is 5.81. The molecule has 1 aliphatic rings. The van der Waals surface area contributed by atoms with Crippen molar-refractivity contribution in [3.05, 3.63) is 71.6 Å². The molecule has 2 aromatic heterocycles. The van der Waals surface area contributed by atoms with Crippen molar-refractivity contribution in [2.24, 2.45) is 0 Å². The smallest absolute Gasteiger partial charge is 0.230 e. The number of halogens is 1. The van der Waals surface area contributed by atoms with E-state index in [1.54, 1.807) is 18.5 Å². The normalized spacial score (nSPS) is 14.9. The number of rotatable bonds is 6. The van der Waals surface area contributed by atoms with Crippen molar-refractivity contribution in [2.45, 2.75) is 17.7 Å². The van der Waals surface area contributed by atoms with Crippen molar-refractivity contribution in [1.29, 1.82) is 0 Å². The molecule has 0 fully saturated rings. The molecule has 1 amide bonds. The van der Waals surface area contributed by atoms with Gasteiger partial charge in [-0.15, -0.1) is 0 Å². The molecule has 2 N–H and O–H groups in total. The van der Waals surface area contributed by atoms with Gasteiger partial charge in [-0.2, -0.15) is 0 Å². The second-order valence-electron chi connectivity index (χ2n) is 7.29. The van der Waals surface area contributed by atoms with Crippen LogP contribution in [0, 0.1) is 0 Å². The van der Waals surface area contributed by atoms with Crippen LogP contribution in [0.25, 0.3) is 22.0 Å². The van der Waals surface area contributed by atoms with Gasteiger partial charge >= 0.3 is 0 Å². The molecule has 0 saturated heterocycles. The highest BCUT2D eigenvalue weighted by molar-refractivity contribution is 7.99. The van der Waals surface area contributed by atoms with Gasteiger partial charge in [-0.1, -0.05) is 29.4 Å². The monoisotopic (exact) mass is 450 g/mol. The van der Waals surface area contributed by atoms with E-state index in [9.17, 15) is 4.79 Å². The van der Waals surface area contributed by atoms with Gasteiger partial charge in [0.1, 0.15) is 11.9 Å². The molecule has 0 spiro atoms. The Morgan fingerprint density at radius 1 is 1.23 bits per heavy atom. The lowest BCUT2D eigenvalue weighted by Gasteiger charge is -2.14. The van der Waals surface area contributed by atoms with Crippen LogP contribution in [0.4, 0.5) is 0 Å². The fourth-order valence-corrected chi connectivity index (χ4v) is 4.59. The molecule has 0 bridgehead atoms. The highest BCUT2D eigenvalue weighted by Crippen LogP contribution is 2.41. The Morgan fingerprint density at radius 2 is 2.10 bits per heavy atom. The summed E-state index contributed by atoms with van der Waals surface area (Å²) < 4.78 is 6.24. The van der Waals surface area contributed by atoms with Crippen molar-refractivity contribution in [1.82, 2.24) is 20.3 Å². The van der Waals surface area contributed by atoms with Crippen molar-refractivity contribution in [2.75, 3.05) is 12.3 Å². The Morgan fingerprint density at radius 3 is 2.97 bits per heavy atom. The quantitative estimate of drug-likeness (QED) is 0.334. The number of hydrogen-bond acceptors (Lipinski definition) is 5. The number of H-pyrrole nitrogens is 1. The van der Waals surface area contributed by atoms with Gasteiger partial charge in [0.2, 0.25) is 5.91 Å². The van der Waals surface area contributed by atoms with E-state index in [-0.39, 0.29) is 17.8 Å². The second kappa shape index (κ2) is 8.61. The average Bonchev–Trinajstić information content (AvgIpc) is 3.42. The number of thioether (sulfide) groups is 1. The van der Waals surface area contributed by atoms with E-state index in [0.717, 1.165) is 33.3 Å². The molecular formula is C23H19ClN4O2S. The molecule has 0 aliphatic carbocycles. The van der Waals surface area contributed by atoms with E-state index in [0.29, 0.717) is 23.1 Å². The third-order valence-corrected chi connectivity index (χ3v) is 6.22. The number of aromatic amines is 1. The molecule has 6 nitrogen and oxygen atoms in total. The van der Waals surface area contributed by atoms with Crippen molar-refractivity contribution < 1.29 is 9.53 Å². The van der Waals surface area contributed by atoms with Crippen LogP contribution >= 0.6 is 23.4 Å². The predicted octanol–water partition coefficient (Wildman–Crippen LogP) is 4.49. The highest BCUT2D eigenvalue weighted by Gasteiger charge is 2.27. The lowest BCUT2D eigenvalue weighted by atomic mass is 9.99. The van der Waals surface area contributed by atoms with Crippen LogP contribution < -0.4 is 10.1 Å². The molecule has 1 aliphatic heterocycles. The van der Waals surface area contributed by atoms with Gasteiger partial charge in [0, 0.05) is 46.7 Å². The maximum Gasteiger partial charge on any atom is 0.230 e. The molecule has 1 unspecified atom stereocenters. The lowest BCUT2D eigenvalue weighted by molar-refractivity contribution is -0.118. The summed E-state index contributed by atoms with van der Waals surface area (Å²) in [7, 11) is 0. The highest BCUT2D eigenvalue weighted by atomic mass is 35.5. The van der Waals surface area contributed by atoms with E-state index >= 15 is 0 Å². The van der Waals surface area contributed by atoms with Crippen LogP contribution in [0.5, 0.6) is 5.75 Å². The number of benzene rings is 2. The standard InChI is InChI=1S/C23H19ClN4O2S/c24-17-9-16-10-18(12-28-21(29)13-31-23-26-5-1-6-27-23)30-22(16)19(11-17)14-2-3-20-15(8-14)4-7-25-20/h1-9,11,18,25H,10,12-13H2,(H,28,29). The van der Waals surface area contributed by atoms with E-state index < -0.39 is 0 Å². The van der Waals surface area contributed by atoms with Gasteiger partial charge in [-0.3, -0.25) is 4.79 Å². The predicted molar refractivity (Wildman–Crippen MR) is 123 cm³/mol. The Kier molecular flexibility index (Phi) is 5.53. The van der Waals surface area contributed by atoms with E-state index in [4.69, 9.17) is 16.3 Å². The van der Waals surface area contributed by atoms with Gasteiger partial charge in [0.15, 0.2) is 5.16 Å². The number of nitrogens with zero attached hydrogens (tertiary/aromatic N) is 2. The molecule has 0 saturated carbocycles. The fourth-order valence-electron chi connectivity index (χ4n) is 3.71. The fraction of sp³-hybridized carbons (Fsp3) is 0.174. The average molecular weight is 451 g/mol. The Hall–Kier alpha value is -3.03. The van der Waals surface area contributed by atoms with Gasteiger partial charge in [-0.25, -0.2) is 9.97 Å². The van der Waals surface area contributed by atoms with Crippen LogP contribution in [0.3, 0.4) is 0 Å². The molecule has 2 aromatic carbocycles.